The third-order valence-electron chi connectivity index (χ3n) is 3.52. The van der Waals surface area contributed by atoms with Crippen LogP contribution in [-0.4, -0.2) is 28.6 Å². The summed E-state index contributed by atoms with van der Waals surface area (Å²) in [6.45, 7) is 7.72. The highest BCUT2D eigenvalue weighted by molar-refractivity contribution is 8.03. The predicted molar refractivity (Wildman–Crippen MR) is 99.9 cm³/mol. The van der Waals surface area contributed by atoms with Crippen molar-refractivity contribution in [2.24, 2.45) is 12.0 Å². The van der Waals surface area contributed by atoms with Crippen LogP contribution in [0.2, 0.25) is 0 Å². The summed E-state index contributed by atoms with van der Waals surface area (Å²) in [5.41, 5.74) is 0.895. The van der Waals surface area contributed by atoms with Crippen molar-refractivity contribution in [3.63, 3.8) is 0 Å². The van der Waals surface area contributed by atoms with Crippen LogP contribution >= 0.6 is 11.8 Å². The van der Waals surface area contributed by atoms with Gasteiger partial charge >= 0.3 is 6.18 Å². The molecule has 0 aliphatic rings. The highest BCUT2D eigenvalue weighted by atomic mass is 32.2. The fraction of sp³-hybridized carbons (Fsp3) is 0.222. The van der Waals surface area contributed by atoms with E-state index in [2.05, 4.69) is 23.1 Å². The molecule has 2 rings (SSSR count). The molecular formula is C18H18F3N3S. The average molecular weight is 365 g/mol. The minimum Gasteiger partial charge on any atom is -0.327 e. The first-order valence-electron chi connectivity index (χ1n) is 7.39. The summed E-state index contributed by atoms with van der Waals surface area (Å²) in [7, 11) is 3.40. The summed E-state index contributed by atoms with van der Waals surface area (Å²) in [4.78, 5) is 9.08. The zero-order valence-corrected chi connectivity index (χ0v) is 14.8. The molecule has 0 spiro atoms. The van der Waals surface area contributed by atoms with Gasteiger partial charge in [-0.1, -0.05) is 12.7 Å². The van der Waals surface area contributed by atoms with E-state index in [1.807, 2.05) is 0 Å². The second kappa shape index (κ2) is 7.74. The zero-order valence-electron chi connectivity index (χ0n) is 14.0. The van der Waals surface area contributed by atoms with Gasteiger partial charge < -0.3 is 4.57 Å². The molecule has 1 aromatic heterocycles. The fourth-order valence-corrected chi connectivity index (χ4v) is 2.93. The zero-order chi connectivity index (χ0) is 18.6. The van der Waals surface area contributed by atoms with Crippen molar-refractivity contribution in [1.29, 1.82) is 0 Å². The molecule has 7 heteroatoms. The highest BCUT2D eigenvalue weighted by Crippen LogP contribution is 2.34. The van der Waals surface area contributed by atoms with Crippen molar-refractivity contribution >= 4 is 34.6 Å². The van der Waals surface area contributed by atoms with Gasteiger partial charge in [0.2, 0.25) is 0 Å². The number of imidazole rings is 1. The molecule has 25 heavy (non-hydrogen) atoms. The molecule has 1 heterocycles. The van der Waals surface area contributed by atoms with E-state index in [0.717, 1.165) is 17.0 Å². The summed E-state index contributed by atoms with van der Waals surface area (Å²) in [5, 5.41) is 0. The summed E-state index contributed by atoms with van der Waals surface area (Å²) < 4.78 is 40.5. The van der Waals surface area contributed by atoms with Crippen molar-refractivity contribution in [1.82, 2.24) is 9.55 Å². The number of allylic oxidation sites excluding steroid dienone is 2. The Balaban J connectivity index is 2.57. The van der Waals surface area contributed by atoms with Crippen LogP contribution in [0.15, 0.2) is 53.4 Å². The second-order valence-corrected chi connectivity index (χ2v) is 6.32. The van der Waals surface area contributed by atoms with Crippen LogP contribution in [0.25, 0.3) is 16.6 Å². The van der Waals surface area contributed by atoms with E-state index in [0.29, 0.717) is 22.7 Å². The van der Waals surface area contributed by atoms with Crippen LogP contribution in [0.4, 0.5) is 13.2 Å². The molecule has 2 aromatic rings. The van der Waals surface area contributed by atoms with Crippen molar-refractivity contribution in [2.45, 2.75) is 6.18 Å². The molecular weight excluding hydrogens is 347 g/mol. The highest BCUT2D eigenvalue weighted by Gasteiger charge is 2.31. The van der Waals surface area contributed by atoms with Crippen LogP contribution in [-0.2, 0) is 13.2 Å². The van der Waals surface area contributed by atoms with Crippen molar-refractivity contribution in [3.05, 3.63) is 59.8 Å². The molecule has 132 valence electrons. The normalized spacial score (nSPS) is 12.9. The predicted octanol–water partition coefficient (Wildman–Crippen LogP) is 5.11. The average Bonchev–Trinajstić information content (AvgIpc) is 2.89. The van der Waals surface area contributed by atoms with Crippen molar-refractivity contribution < 1.29 is 13.2 Å². The largest absolute Gasteiger partial charge is 0.416 e. The number of hydrogen-bond donors (Lipinski definition) is 0. The van der Waals surface area contributed by atoms with Crippen LogP contribution in [0.3, 0.4) is 0 Å². The number of rotatable bonds is 6. The molecule has 0 N–H and O–H groups in total. The van der Waals surface area contributed by atoms with Gasteiger partial charge in [0, 0.05) is 36.5 Å². The van der Waals surface area contributed by atoms with Crippen LogP contribution in [0.5, 0.6) is 0 Å². The SMILES string of the molecule is C=CCSC(=C)C(=CC=NC)c1nc2cc(C(F)(F)F)ccc2n1C. The fourth-order valence-electron chi connectivity index (χ4n) is 2.30. The lowest BCUT2D eigenvalue weighted by Gasteiger charge is -2.09. The topological polar surface area (TPSA) is 30.2 Å². The molecule has 0 aliphatic heterocycles. The van der Waals surface area contributed by atoms with Gasteiger partial charge in [0.05, 0.1) is 16.6 Å². The van der Waals surface area contributed by atoms with Gasteiger partial charge in [0.25, 0.3) is 0 Å². The lowest BCUT2D eigenvalue weighted by molar-refractivity contribution is -0.137. The molecule has 3 nitrogen and oxygen atoms in total. The summed E-state index contributed by atoms with van der Waals surface area (Å²) in [5.74, 6) is 1.21. The molecule has 0 aliphatic carbocycles. The quantitative estimate of drug-likeness (QED) is 0.405. The standard InChI is InChI=1S/C18H18F3N3S/c1-5-10-25-12(2)14(8-9-22-3)17-23-15-11-13(18(19,20)21)6-7-16(15)24(17)4/h5-9,11H,1-2,10H2,3-4H3. The second-order valence-electron chi connectivity index (χ2n) is 5.21. The maximum absolute atomic E-state index is 12.9. The molecule has 0 unspecified atom stereocenters. The molecule has 0 fully saturated rings. The number of aromatic nitrogens is 2. The molecule has 0 saturated heterocycles. The number of fused-ring (bicyclic) bond motifs is 1. The van der Waals surface area contributed by atoms with E-state index in [9.17, 15) is 13.2 Å². The number of benzene rings is 1. The van der Waals surface area contributed by atoms with E-state index >= 15 is 0 Å². The van der Waals surface area contributed by atoms with E-state index in [4.69, 9.17) is 0 Å². The van der Waals surface area contributed by atoms with Crippen LogP contribution in [0.1, 0.15) is 11.4 Å². The third-order valence-corrected chi connectivity index (χ3v) is 4.49. The molecule has 1 aromatic carbocycles. The molecule has 0 bridgehead atoms. The number of nitrogens with zero attached hydrogens (tertiary/aromatic N) is 3. The third kappa shape index (κ3) is 4.22. The molecule has 0 atom stereocenters. The summed E-state index contributed by atoms with van der Waals surface area (Å²) >= 11 is 1.48. The van der Waals surface area contributed by atoms with Crippen LogP contribution < -0.4 is 0 Å². The maximum atomic E-state index is 12.9. The number of halogens is 3. The Labute approximate surface area is 148 Å². The van der Waals surface area contributed by atoms with Gasteiger partial charge in [-0.15, -0.1) is 18.3 Å². The Morgan fingerprint density at radius 1 is 1.40 bits per heavy atom. The first-order valence-corrected chi connectivity index (χ1v) is 8.37. The van der Waals surface area contributed by atoms with Gasteiger partial charge in [0.15, 0.2) is 0 Å². The van der Waals surface area contributed by atoms with Gasteiger partial charge in [-0.3, -0.25) is 4.99 Å². The lowest BCUT2D eigenvalue weighted by Crippen LogP contribution is -2.04. The first kappa shape index (κ1) is 19.1. The Morgan fingerprint density at radius 3 is 2.72 bits per heavy atom. The Bertz CT molecular complexity index is 860. The van der Waals surface area contributed by atoms with E-state index in [1.54, 1.807) is 37.0 Å². The number of hydrogen-bond acceptors (Lipinski definition) is 3. The van der Waals surface area contributed by atoms with E-state index in [1.165, 1.54) is 17.8 Å². The Hall–Kier alpha value is -2.28. The van der Waals surface area contributed by atoms with E-state index in [-0.39, 0.29) is 5.52 Å². The van der Waals surface area contributed by atoms with Crippen molar-refractivity contribution in [3.8, 4) is 0 Å². The van der Waals surface area contributed by atoms with Gasteiger partial charge in [0.1, 0.15) is 5.82 Å². The number of thioether (sulfide) groups is 1. The Kier molecular flexibility index (Phi) is 5.89. The molecule has 0 amide bonds. The van der Waals surface area contributed by atoms with Gasteiger partial charge in [-0.25, -0.2) is 4.98 Å². The van der Waals surface area contributed by atoms with Crippen LogP contribution in [0, 0.1) is 0 Å². The number of alkyl halides is 3. The monoisotopic (exact) mass is 365 g/mol. The number of aliphatic imine (C=N–C) groups is 1. The smallest absolute Gasteiger partial charge is 0.327 e. The Morgan fingerprint density at radius 2 is 2.12 bits per heavy atom. The first-order chi connectivity index (χ1) is 11.8. The van der Waals surface area contributed by atoms with Crippen molar-refractivity contribution in [2.75, 3.05) is 12.8 Å². The molecule has 0 radical (unpaired) electrons. The summed E-state index contributed by atoms with van der Waals surface area (Å²) in [6, 6.07) is 3.55. The lowest BCUT2D eigenvalue weighted by atomic mass is 10.2. The maximum Gasteiger partial charge on any atom is 0.416 e. The van der Waals surface area contributed by atoms with Gasteiger partial charge in [-0.2, -0.15) is 13.2 Å². The summed E-state index contributed by atoms with van der Waals surface area (Å²) in [6.07, 6.45) is 0.717. The van der Waals surface area contributed by atoms with E-state index < -0.39 is 11.7 Å². The van der Waals surface area contributed by atoms with Gasteiger partial charge in [-0.05, 0) is 24.3 Å². The number of aryl methyl sites for hydroxylation is 1. The minimum atomic E-state index is -4.40. The minimum absolute atomic E-state index is 0.285. The molecule has 0 saturated carbocycles.